The molecule has 0 aliphatic heterocycles. The minimum atomic E-state index is -0.380. The highest BCUT2D eigenvalue weighted by Gasteiger charge is 2.26. The molecule has 0 saturated carbocycles. The van der Waals surface area contributed by atoms with Crippen LogP contribution in [0.3, 0.4) is 0 Å². The summed E-state index contributed by atoms with van der Waals surface area (Å²) in [6.07, 6.45) is 3.70. The lowest BCUT2D eigenvalue weighted by atomic mass is 9.92. The lowest BCUT2D eigenvalue weighted by Gasteiger charge is -2.26. The number of nitriles is 1. The Kier molecular flexibility index (Phi) is 6.81. The van der Waals surface area contributed by atoms with Gasteiger partial charge in [0.25, 0.3) is 0 Å². The molecule has 1 N–H and O–H groups in total. The van der Waals surface area contributed by atoms with Crippen molar-refractivity contribution in [2.75, 3.05) is 12.3 Å². The van der Waals surface area contributed by atoms with Crippen LogP contribution < -0.4 is 5.32 Å². The molecule has 0 fully saturated rings. The summed E-state index contributed by atoms with van der Waals surface area (Å²) in [6.45, 7) is 5.06. The summed E-state index contributed by atoms with van der Waals surface area (Å²) in [5.41, 5.74) is -0.380. The second-order valence-corrected chi connectivity index (χ2v) is 5.57. The number of hydrogen-bond acceptors (Lipinski definition) is 6. The van der Waals surface area contributed by atoms with Gasteiger partial charge in [-0.05, 0) is 42.7 Å². The number of thioether (sulfide) groups is 1. The van der Waals surface area contributed by atoms with Crippen LogP contribution in [0.2, 0.25) is 0 Å². The predicted octanol–water partition coefficient (Wildman–Crippen LogP) is 1.75. The van der Waals surface area contributed by atoms with Crippen molar-refractivity contribution < 1.29 is 0 Å². The van der Waals surface area contributed by atoms with E-state index in [1.165, 1.54) is 0 Å². The molecule has 1 atom stereocenters. The minimum Gasteiger partial charge on any atom is -0.299 e. The van der Waals surface area contributed by atoms with E-state index >= 15 is 0 Å². The van der Waals surface area contributed by atoms with E-state index in [2.05, 4.69) is 40.8 Å². The number of tetrazole rings is 1. The van der Waals surface area contributed by atoms with Crippen LogP contribution in [0.4, 0.5) is 0 Å². The number of nitrogens with one attached hydrogen (secondary N) is 1. The van der Waals surface area contributed by atoms with Crippen LogP contribution in [0.25, 0.3) is 0 Å². The second kappa shape index (κ2) is 8.12. The number of rotatable bonds is 9. The summed E-state index contributed by atoms with van der Waals surface area (Å²) in [5.74, 6) is 0.922. The van der Waals surface area contributed by atoms with Crippen molar-refractivity contribution in [3.8, 4) is 6.07 Å². The van der Waals surface area contributed by atoms with Gasteiger partial charge in [-0.25, -0.2) is 4.68 Å². The topological polar surface area (TPSA) is 79.4 Å². The molecular weight excluding hydrogens is 260 g/mol. The van der Waals surface area contributed by atoms with Crippen molar-refractivity contribution in [1.82, 2.24) is 25.5 Å². The Bertz CT molecular complexity index is 413. The fourth-order valence-electron chi connectivity index (χ4n) is 1.81. The van der Waals surface area contributed by atoms with Crippen LogP contribution in [0.15, 0.2) is 5.16 Å². The fourth-order valence-corrected chi connectivity index (χ4v) is 2.60. The molecule has 0 aliphatic carbocycles. The third kappa shape index (κ3) is 4.80. The quantitative estimate of drug-likeness (QED) is 0.549. The Labute approximate surface area is 118 Å². The number of hydrogen-bond donors (Lipinski definition) is 1. The van der Waals surface area contributed by atoms with Gasteiger partial charge in [0.15, 0.2) is 0 Å². The first-order chi connectivity index (χ1) is 9.17. The highest BCUT2D eigenvalue weighted by molar-refractivity contribution is 7.99. The van der Waals surface area contributed by atoms with Gasteiger partial charge in [0.05, 0.1) is 6.07 Å². The first-order valence-electron chi connectivity index (χ1n) is 6.69. The van der Waals surface area contributed by atoms with Gasteiger partial charge in [-0.15, -0.1) is 5.10 Å². The molecule has 1 aromatic rings. The Morgan fingerprint density at radius 3 is 2.79 bits per heavy atom. The highest BCUT2D eigenvalue weighted by Crippen LogP contribution is 2.21. The Morgan fingerprint density at radius 1 is 1.47 bits per heavy atom. The predicted molar refractivity (Wildman–Crippen MR) is 75.7 cm³/mol. The van der Waals surface area contributed by atoms with E-state index in [-0.39, 0.29) is 5.54 Å². The van der Waals surface area contributed by atoms with Gasteiger partial charge in [-0.1, -0.05) is 25.6 Å². The maximum Gasteiger partial charge on any atom is 0.209 e. The van der Waals surface area contributed by atoms with E-state index in [0.29, 0.717) is 0 Å². The van der Waals surface area contributed by atoms with E-state index in [9.17, 15) is 5.26 Å². The molecule has 1 heterocycles. The maximum atomic E-state index is 9.37. The van der Waals surface area contributed by atoms with Gasteiger partial charge in [0.2, 0.25) is 5.16 Å². The Hall–Kier alpha value is -1.13. The van der Waals surface area contributed by atoms with Crippen LogP contribution in [-0.2, 0) is 7.05 Å². The number of aromatic nitrogens is 4. The van der Waals surface area contributed by atoms with Gasteiger partial charge in [-0.3, -0.25) is 5.32 Å². The molecule has 0 radical (unpaired) electrons. The van der Waals surface area contributed by atoms with Crippen molar-refractivity contribution in [3.63, 3.8) is 0 Å². The van der Waals surface area contributed by atoms with Crippen LogP contribution in [0.1, 0.15) is 39.5 Å². The standard InChI is InChI=1S/C12H22N6S/c1-4-8-14-12(5-2,10-13)7-6-9-19-11-15-16-17-18(11)3/h14H,4-9H2,1-3H3. The second-order valence-electron chi connectivity index (χ2n) is 4.51. The Morgan fingerprint density at radius 2 is 2.26 bits per heavy atom. The fraction of sp³-hybridized carbons (Fsp3) is 0.833. The zero-order valence-electron chi connectivity index (χ0n) is 11.9. The largest absolute Gasteiger partial charge is 0.299 e. The molecule has 1 rings (SSSR count). The summed E-state index contributed by atoms with van der Waals surface area (Å²) in [7, 11) is 1.83. The summed E-state index contributed by atoms with van der Waals surface area (Å²) in [4.78, 5) is 0. The summed E-state index contributed by atoms with van der Waals surface area (Å²) < 4.78 is 1.66. The van der Waals surface area contributed by atoms with E-state index in [1.807, 2.05) is 7.05 Å². The average molecular weight is 282 g/mol. The van der Waals surface area contributed by atoms with Gasteiger partial charge in [0, 0.05) is 12.8 Å². The van der Waals surface area contributed by atoms with Gasteiger partial charge < -0.3 is 0 Å². The van der Waals surface area contributed by atoms with Crippen molar-refractivity contribution in [1.29, 1.82) is 5.26 Å². The molecule has 0 spiro atoms. The molecule has 0 aliphatic rings. The highest BCUT2D eigenvalue weighted by atomic mass is 32.2. The first kappa shape index (κ1) is 15.9. The van der Waals surface area contributed by atoms with Crippen molar-refractivity contribution >= 4 is 11.8 Å². The lowest BCUT2D eigenvalue weighted by molar-refractivity contribution is 0.371. The minimum absolute atomic E-state index is 0.380. The molecule has 0 amide bonds. The van der Waals surface area contributed by atoms with Crippen LogP contribution in [-0.4, -0.2) is 38.0 Å². The third-order valence-corrected chi connectivity index (χ3v) is 4.19. The SMILES string of the molecule is CCCNC(C#N)(CC)CCCSc1nnnn1C. The molecule has 0 aromatic carbocycles. The van der Waals surface area contributed by atoms with E-state index in [1.54, 1.807) is 16.4 Å². The number of nitrogens with zero attached hydrogens (tertiary/aromatic N) is 5. The molecule has 1 aromatic heterocycles. The smallest absolute Gasteiger partial charge is 0.209 e. The molecule has 6 nitrogen and oxygen atoms in total. The van der Waals surface area contributed by atoms with Crippen LogP contribution in [0, 0.1) is 11.3 Å². The van der Waals surface area contributed by atoms with Gasteiger partial charge in [0.1, 0.15) is 5.54 Å². The zero-order valence-corrected chi connectivity index (χ0v) is 12.7. The van der Waals surface area contributed by atoms with Crippen molar-refractivity contribution in [3.05, 3.63) is 0 Å². The molecule has 1 unspecified atom stereocenters. The monoisotopic (exact) mass is 282 g/mol. The lowest BCUT2D eigenvalue weighted by Crippen LogP contribution is -2.43. The van der Waals surface area contributed by atoms with Crippen molar-refractivity contribution in [2.24, 2.45) is 7.05 Å². The summed E-state index contributed by atoms with van der Waals surface area (Å²) in [6, 6.07) is 2.44. The normalized spacial score (nSPS) is 14.0. The van der Waals surface area contributed by atoms with E-state index < -0.39 is 0 Å². The first-order valence-corrected chi connectivity index (χ1v) is 7.67. The maximum absolute atomic E-state index is 9.37. The zero-order chi connectivity index (χ0) is 14.1. The Balaban J connectivity index is 2.36. The molecule has 19 heavy (non-hydrogen) atoms. The van der Waals surface area contributed by atoms with Crippen LogP contribution in [0.5, 0.6) is 0 Å². The summed E-state index contributed by atoms with van der Waals surface area (Å²) in [5, 5.41) is 24.9. The third-order valence-electron chi connectivity index (χ3n) is 3.09. The molecule has 106 valence electrons. The van der Waals surface area contributed by atoms with E-state index in [0.717, 1.165) is 43.1 Å². The number of aryl methyl sites for hydroxylation is 1. The molecule has 0 bridgehead atoms. The molecule has 0 saturated heterocycles. The van der Waals surface area contributed by atoms with Crippen molar-refractivity contribution in [2.45, 2.75) is 50.2 Å². The van der Waals surface area contributed by atoms with Gasteiger partial charge in [-0.2, -0.15) is 5.26 Å². The average Bonchev–Trinajstić information content (AvgIpc) is 2.84. The summed E-state index contributed by atoms with van der Waals surface area (Å²) >= 11 is 1.63. The van der Waals surface area contributed by atoms with E-state index in [4.69, 9.17) is 0 Å². The molecular formula is C12H22N6S. The van der Waals surface area contributed by atoms with Gasteiger partial charge >= 0.3 is 0 Å². The van der Waals surface area contributed by atoms with Crippen LogP contribution >= 0.6 is 11.8 Å². The molecule has 7 heteroatoms.